The normalized spacial score (nSPS) is 10.8. The molecule has 0 amide bonds. The molecular weight excluding hydrogens is 363 g/mol. The van der Waals surface area contributed by atoms with Gasteiger partial charge in [-0.05, 0) is 37.3 Å². The third kappa shape index (κ3) is 3.13. The molecule has 0 spiro atoms. The molecule has 4 aromatic heterocycles. The molecule has 140 valence electrons. The molecule has 0 fully saturated rings. The van der Waals surface area contributed by atoms with E-state index in [1.165, 1.54) is 25.4 Å². The van der Waals surface area contributed by atoms with Gasteiger partial charge in [0.05, 0.1) is 18.5 Å². The zero-order valence-corrected chi connectivity index (χ0v) is 15.0. The van der Waals surface area contributed by atoms with Crippen LogP contribution in [0.5, 0.6) is 0 Å². The maximum absolute atomic E-state index is 13.6. The van der Waals surface area contributed by atoms with Gasteiger partial charge in [-0.1, -0.05) is 0 Å². The lowest BCUT2D eigenvalue weighted by Gasteiger charge is -2.12. The van der Waals surface area contributed by atoms with Gasteiger partial charge in [0.25, 0.3) is 0 Å². The summed E-state index contributed by atoms with van der Waals surface area (Å²) < 4.78 is 20.0. The molecule has 0 radical (unpaired) electrons. The van der Waals surface area contributed by atoms with Gasteiger partial charge in [-0.15, -0.1) is 5.10 Å². The van der Waals surface area contributed by atoms with Gasteiger partial charge in [0.2, 0.25) is 5.82 Å². The van der Waals surface area contributed by atoms with Gasteiger partial charge >= 0.3 is 5.97 Å². The fourth-order valence-corrected chi connectivity index (χ4v) is 2.71. The molecule has 0 atom stereocenters. The van der Waals surface area contributed by atoms with E-state index in [1.54, 1.807) is 29.9 Å². The Bertz CT molecular complexity index is 1190. The molecule has 28 heavy (non-hydrogen) atoms. The Balaban J connectivity index is 1.83. The average Bonchev–Trinajstić information content (AvgIpc) is 3.19. The summed E-state index contributed by atoms with van der Waals surface area (Å²) in [4.78, 5) is 24.7. The second-order valence-corrected chi connectivity index (χ2v) is 5.92. The van der Waals surface area contributed by atoms with E-state index in [0.717, 1.165) is 0 Å². The molecule has 4 heterocycles. The number of methoxy groups -OCH3 is 1. The Labute approximate surface area is 159 Å². The number of ether oxygens (including phenoxy) is 1. The van der Waals surface area contributed by atoms with Crippen molar-refractivity contribution in [1.29, 1.82) is 0 Å². The quantitative estimate of drug-likeness (QED) is 0.545. The number of carbonyl (C=O) groups is 1. The maximum atomic E-state index is 13.6. The predicted octanol–water partition coefficient (Wildman–Crippen LogP) is 3.16. The van der Waals surface area contributed by atoms with Gasteiger partial charge in [-0.2, -0.15) is 0 Å². The van der Waals surface area contributed by atoms with Crippen LogP contribution in [0.4, 0.5) is 15.9 Å². The van der Waals surface area contributed by atoms with Gasteiger partial charge in [0.1, 0.15) is 22.6 Å². The van der Waals surface area contributed by atoms with Gasteiger partial charge in [-0.3, -0.25) is 4.98 Å². The summed E-state index contributed by atoms with van der Waals surface area (Å²) in [7, 11) is 1.30. The zero-order chi connectivity index (χ0) is 19.7. The average molecular weight is 378 g/mol. The van der Waals surface area contributed by atoms with Crippen LogP contribution < -0.4 is 5.32 Å². The second-order valence-electron chi connectivity index (χ2n) is 5.92. The molecule has 9 heteroatoms. The molecule has 0 unspecified atom stereocenters. The number of aryl methyl sites for hydroxylation is 1. The number of nitrogens with zero attached hydrogens (tertiary/aromatic N) is 5. The lowest BCUT2D eigenvalue weighted by molar-refractivity contribution is 0.0601. The van der Waals surface area contributed by atoms with Crippen molar-refractivity contribution >= 4 is 23.0 Å². The van der Waals surface area contributed by atoms with Crippen LogP contribution in [-0.2, 0) is 4.74 Å². The van der Waals surface area contributed by atoms with Crippen molar-refractivity contribution in [3.63, 3.8) is 0 Å². The highest BCUT2D eigenvalue weighted by Crippen LogP contribution is 2.25. The molecule has 0 aliphatic rings. The first-order valence-electron chi connectivity index (χ1n) is 8.35. The lowest BCUT2D eigenvalue weighted by Crippen LogP contribution is -2.09. The van der Waals surface area contributed by atoms with E-state index in [9.17, 15) is 9.18 Å². The fraction of sp³-hybridized carbons (Fsp3) is 0.105. The van der Waals surface area contributed by atoms with Crippen molar-refractivity contribution in [3.8, 4) is 11.5 Å². The molecule has 0 aliphatic carbocycles. The minimum atomic E-state index is -0.521. The molecule has 0 aromatic carbocycles. The van der Waals surface area contributed by atoms with Crippen LogP contribution in [0.3, 0.4) is 0 Å². The van der Waals surface area contributed by atoms with E-state index in [-0.39, 0.29) is 11.3 Å². The number of aromatic nitrogens is 5. The fourth-order valence-electron chi connectivity index (χ4n) is 2.71. The van der Waals surface area contributed by atoms with Gasteiger partial charge < -0.3 is 10.1 Å². The van der Waals surface area contributed by atoms with E-state index in [1.807, 2.05) is 12.1 Å². The number of pyridine rings is 2. The number of nitrogens with one attached hydrogen (secondary N) is 1. The van der Waals surface area contributed by atoms with Crippen molar-refractivity contribution in [2.24, 2.45) is 0 Å². The minimum absolute atomic E-state index is 0.255. The molecule has 1 N–H and O–H groups in total. The monoisotopic (exact) mass is 378 g/mol. The standard InChI is InChI=1S/C19H15FN6O2/c1-11-13(20)5-6-15(22-11)17-24-18(16-4-3-9-26(16)25-17)23-14-7-8-21-10-12(14)19(27)28-2/h3-10H,1-2H3,(H,21,23,24,25). The summed E-state index contributed by atoms with van der Waals surface area (Å²) in [6, 6.07) is 8.13. The molecule has 0 saturated heterocycles. The van der Waals surface area contributed by atoms with Crippen LogP contribution in [-0.4, -0.2) is 37.6 Å². The maximum Gasteiger partial charge on any atom is 0.341 e. The van der Waals surface area contributed by atoms with Gasteiger partial charge in [-0.25, -0.2) is 23.7 Å². The topological polar surface area (TPSA) is 94.3 Å². The van der Waals surface area contributed by atoms with Crippen molar-refractivity contribution in [2.75, 3.05) is 12.4 Å². The Morgan fingerprint density at radius 3 is 2.86 bits per heavy atom. The third-order valence-electron chi connectivity index (χ3n) is 4.12. The number of anilines is 2. The summed E-state index contributed by atoms with van der Waals surface area (Å²) in [6.45, 7) is 1.58. The molecule has 4 aromatic rings. The number of halogens is 1. The molecular formula is C19H15FN6O2. The van der Waals surface area contributed by atoms with E-state index >= 15 is 0 Å². The zero-order valence-electron chi connectivity index (χ0n) is 15.0. The lowest BCUT2D eigenvalue weighted by atomic mass is 10.2. The van der Waals surface area contributed by atoms with E-state index < -0.39 is 11.8 Å². The second kappa shape index (κ2) is 7.03. The molecule has 0 saturated carbocycles. The van der Waals surface area contributed by atoms with Crippen LogP contribution in [0.1, 0.15) is 16.1 Å². The van der Waals surface area contributed by atoms with Crippen molar-refractivity contribution in [1.82, 2.24) is 24.6 Å². The summed E-state index contributed by atoms with van der Waals surface area (Å²) in [5, 5.41) is 7.57. The van der Waals surface area contributed by atoms with Crippen molar-refractivity contribution in [2.45, 2.75) is 6.92 Å². The summed E-state index contributed by atoms with van der Waals surface area (Å²) in [5.41, 5.74) is 2.13. The first-order valence-corrected chi connectivity index (χ1v) is 8.35. The highest BCUT2D eigenvalue weighted by atomic mass is 19.1. The van der Waals surface area contributed by atoms with E-state index in [4.69, 9.17) is 4.74 Å². The SMILES string of the molecule is COC(=O)c1cnccc1Nc1nc(-c2ccc(F)c(C)n2)nn2cccc12. The minimum Gasteiger partial charge on any atom is -0.465 e. The van der Waals surface area contributed by atoms with Gasteiger partial charge in [0, 0.05) is 18.6 Å². The van der Waals surface area contributed by atoms with Crippen LogP contribution in [0.15, 0.2) is 48.9 Å². The van der Waals surface area contributed by atoms with Crippen LogP contribution >= 0.6 is 0 Å². The predicted molar refractivity (Wildman–Crippen MR) is 99.8 cm³/mol. The van der Waals surface area contributed by atoms with Crippen molar-refractivity contribution < 1.29 is 13.9 Å². The Hall–Kier alpha value is -3.88. The first-order chi connectivity index (χ1) is 13.6. The summed E-state index contributed by atoms with van der Waals surface area (Å²) in [6.07, 6.45) is 4.73. The molecule has 0 bridgehead atoms. The number of esters is 1. The van der Waals surface area contributed by atoms with Gasteiger partial charge in [0.15, 0.2) is 5.82 Å². The Morgan fingerprint density at radius 2 is 2.07 bits per heavy atom. The summed E-state index contributed by atoms with van der Waals surface area (Å²) in [5.74, 6) is -0.158. The molecule has 8 nitrogen and oxygen atoms in total. The van der Waals surface area contributed by atoms with Crippen LogP contribution in [0, 0.1) is 12.7 Å². The first kappa shape index (κ1) is 17.5. The highest BCUT2D eigenvalue weighted by Gasteiger charge is 2.16. The molecule has 0 aliphatic heterocycles. The molecule has 4 rings (SSSR count). The number of rotatable bonds is 4. The number of carbonyl (C=O) groups excluding carboxylic acids is 1. The Kier molecular flexibility index (Phi) is 4.40. The Morgan fingerprint density at radius 1 is 1.21 bits per heavy atom. The third-order valence-corrected chi connectivity index (χ3v) is 4.12. The number of hydrogen-bond acceptors (Lipinski definition) is 7. The van der Waals surface area contributed by atoms with Crippen LogP contribution in [0.25, 0.3) is 17.0 Å². The van der Waals surface area contributed by atoms with Crippen LogP contribution in [0.2, 0.25) is 0 Å². The smallest absolute Gasteiger partial charge is 0.341 e. The van der Waals surface area contributed by atoms with Crippen molar-refractivity contribution in [3.05, 3.63) is 66.0 Å². The number of hydrogen-bond donors (Lipinski definition) is 1. The number of fused-ring (bicyclic) bond motifs is 1. The van der Waals surface area contributed by atoms with E-state index in [0.29, 0.717) is 28.5 Å². The summed E-state index contributed by atoms with van der Waals surface area (Å²) >= 11 is 0. The highest BCUT2D eigenvalue weighted by molar-refractivity contribution is 5.96. The van der Waals surface area contributed by atoms with E-state index in [2.05, 4.69) is 25.4 Å². The largest absolute Gasteiger partial charge is 0.465 e.